The molecule has 0 bridgehead atoms. The second kappa shape index (κ2) is 5.43. The molecular weight excluding hydrogens is 310 g/mol. The lowest BCUT2D eigenvalue weighted by Crippen LogP contribution is -2.43. The van der Waals surface area contributed by atoms with Crippen molar-refractivity contribution in [1.29, 1.82) is 0 Å². The molecule has 0 atom stereocenters. The Kier molecular flexibility index (Phi) is 3.66. The molecule has 1 aliphatic heterocycles. The Morgan fingerprint density at radius 3 is 2.54 bits per heavy atom. The van der Waals surface area contributed by atoms with Crippen LogP contribution in [0.15, 0.2) is 24.4 Å². The first-order chi connectivity index (χ1) is 11.3. The molecule has 3 rings (SSSR count). The number of rotatable bonds is 4. The van der Waals surface area contributed by atoms with Crippen LogP contribution in [0.5, 0.6) is 0 Å². The van der Waals surface area contributed by atoms with E-state index in [1.807, 2.05) is 0 Å². The number of benzene rings is 1. The summed E-state index contributed by atoms with van der Waals surface area (Å²) in [6, 6.07) is 2.92. The predicted octanol–water partition coefficient (Wildman–Crippen LogP) is 2.25. The first-order valence-corrected chi connectivity index (χ1v) is 7.78. The van der Waals surface area contributed by atoms with Crippen molar-refractivity contribution in [3.05, 3.63) is 45.6 Å². The highest BCUT2D eigenvalue weighted by atomic mass is 16.6. The van der Waals surface area contributed by atoms with Gasteiger partial charge in [0.15, 0.2) is 5.78 Å². The third-order valence-electron chi connectivity index (χ3n) is 4.87. The summed E-state index contributed by atoms with van der Waals surface area (Å²) in [6.07, 6.45) is 5.22. The zero-order valence-corrected chi connectivity index (χ0v) is 13.9. The number of likely N-dealkylation sites (N-methyl/N-ethyl adjacent to an activating group) is 1. The van der Waals surface area contributed by atoms with Gasteiger partial charge in [-0.05, 0) is 24.5 Å². The molecule has 1 saturated carbocycles. The lowest BCUT2D eigenvalue weighted by atomic mass is 9.65. The third-order valence-corrected chi connectivity index (χ3v) is 4.87. The number of anilines is 1. The highest BCUT2D eigenvalue weighted by molar-refractivity contribution is 6.13. The first kappa shape index (κ1) is 16.2. The van der Waals surface area contributed by atoms with Crippen molar-refractivity contribution in [3.63, 3.8) is 0 Å². The fourth-order valence-electron chi connectivity index (χ4n) is 3.48. The highest BCUT2D eigenvalue weighted by Gasteiger charge is 2.55. The van der Waals surface area contributed by atoms with Crippen LogP contribution in [0.25, 0.3) is 0 Å². The first-order valence-electron chi connectivity index (χ1n) is 7.78. The lowest BCUT2D eigenvalue weighted by molar-refractivity contribution is -0.384. The summed E-state index contributed by atoms with van der Waals surface area (Å²) in [7, 11) is 5.13. The van der Waals surface area contributed by atoms with Crippen LogP contribution in [0.4, 0.5) is 11.4 Å². The summed E-state index contributed by atoms with van der Waals surface area (Å²) >= 11 is 0. The molecule has 24 heavy (non-hydrogen) atoms. The molecule has 1 heterocycles. The van der Waals surface area contributed by atoms with Gasteiger partial charge in [-0.15, -0.1) is 0 Å². The molecule has 1 fully saturated rings. The molecule has 1 spiro atoms. The van der Waals surface area contributed by atoms with Crippen molar-refractivity contribution < 1.29 is 14.5 Å². The molecule has 0 radical (unpaired) electrons. The van der Waals surface area contributed by atoms with Crippen molar-refractivity contribution in [2.45, 2.75) is 24.7 Å². The summed E-state index contributed by atoms with van der Waals surface area (Å²) in [5.74, 6) is -0.425. The Bertz CT molecular complexity index is 778. The number of carbonyl (C=O) groups excluding carboxylic acids is 2. The molecule has 0 saturated heterocycles. The number of hydrogen-bond acceptors (Lipinski definition) is 5. The number of allylic oxidation sites excluding steroid dienone is 1. The molecule has 7 nitrogen and oxygen atoms in total. The second-order valence-electron chi connectivity index (χ2n) is 6.59. The Morgan fingerprint density at radius 1 is 1.38 bits per heavy atom. The SMILES string of the molecule is CN(C)/C=C/C(=O)c1cc([N+](=O)[O-])c2c(c1)C1(CCC1)C(=O)N2C. The Hall–Kier alpha value is -2.70. The molecule has 2 aliphatic rings. The molecule has 0 aromatic heterocycles. The number of hydrogen-bond donors (Lipinski definition) is 0. The van der Waals surface area contributed by atoms with Crippen LogP contribution in [-0.4, -0.2) is 42.7 Å². The third kappa shape index (κ3) is 2.19. The molecule has 1 aromatic rings. The van der Waals surface area contributed by atoms with E-state index in [0.717, 1.165) is 6.42 Å². The number of ketones is 1. The molecule has 1 aliphatic carbocycles. The van der Waals surface area contributed by atoms with Gasteiger partial charge in [-0.2, -0.15) is 0 Å². The summed E-state index contributed by atoms with van der Waals surface area (Å²) < 4.78 is 0. The van der Waals surface area contributed by atoms with E-state index in [0.29, 0.717) is 24.1 Å². The minimum Gasteiger partial charge on any atom is -0.383 e. The van der Waals surface area contributed by atoms with E-state index < -0.39 is 10.3 Å². The van der Waals surface area contributed by atoms with Gasteiger partial charge in [0.1, 0.15) is 5.69 Å². The van der Waals surface area contributed by atoms with E-state index in [9.17, 15) is 19.7 Å². The minimum atomic E-state index is -0.684. The molecule has 1 amide bonds. The maximum absolute atomic E-state index is 12.6. The number of carbonyl (C=O) groups is 2. The van der Waals surface area contributed by atoms with Crippen molar-refractivity contribution in [2.24, 2.45) is 0 Å². The van der Waals surface area contributed by atoms with E-state index in [4.69, 9.17) is 0 Å². The van der Waals surface area contributed by atoms with E-state index in [1.54, 1.807) is 38.3 Å². The number of nitrogens with zero attached hydrogens (tertiary/aromatic N) is 3. The standard InChI is InChI=1S/C17H19N3O4/c1-18(2)8-5-14(21)11-9-12-15(13(10-11)20(23)24)19(3)16(22)17(12)6-4-7-17/h5,8-10H,4,6-7H2,1-3H3/b8-5+. The lowest BCUT2D eigenvalue weighted by Gasteiger charge is -2.36. The molecule has 126 valence electrons. The van der Waals surface area contributed by atoms with Crippen LogP contribution < -0.4 is 4.90 Å². The molecule has 0 N–H and O–H groups in total. The number of nitro benzene ring substituents is 1. The second-order valence-corrected chi connectivity index (χ2v) is 6.59. The van der Waals surface area contributed by atoms with Gasteiger partial charge in [0, 0.05) is 45.0 Å². The van der Waals surface area contributed by atoms with Gasteiger partial charge in [-0.3, -0.25) is 19.7 Å². The average Bonchev–Trinajstić information content (AvgIpc) is 2.72. The molecule has 0 unspecified atom stereocenters. The van der Waals surface area contributed by atoms with E-state index >= 15 is 0 Å². The quantitative estimate of drug-likeness (QED) is 0.366. The summed E-state index contributed by atoms with van der Waals surface area (Å²) in [6.45, 7) is 0. The summed E-state index contributed by atoms with van der Waals surface area (Å²) in [5, 5.41) is 11.5. The monoisotopic (exact) mass is 329 g/mol. The molecule has 1 aromatic carbocycles. The van der Waals surface area contributed by atoms with Crippen molar-refractivity contribution >= 4 is 23.1 Å². The largest absolute Gasteiger partial charge is 0.383 e. The van der Waals surface area contributed by atoms with Crippen LogP contribution in [-0.2, 0) is 10.2 Å². The Balaban J connectivity index is 2.16. The Morgan fingerprint density at radius 2 is 2.04 bits per heavy atom. The van der Waals surface area contributed by atoms with Gasteiger partial charge >= 0.3 is 0 Å². The van der Waals surface area contributed by atoms with Gasteiger partial charge in [-0.25, -0.2) is 0 Å². The minimum absolute atomic E-state index is 0.111. The fourth-order valence-corrected chi connectivity index (χ4v) is 3.48. The van der Waals surface area contributed by atoms with E-state index in [-0.39, 0.29) is 22.9 Å². The maximum Gasteiger partial charge on any atom is 0.294 e. The summed E-state index contributed by atoms with van der Waals surface area (Å²) in [5.41, 5.74) is 0.327. The zero-order valence-electron chi connectivity index (χ0n) is 13.9. The molecular formula is C17H19N3O4. The fraction of sp³-hybridized carbons (Fsp3) is 0.412. The summed E-state index contributed by atoms with van der Waals surface area (Å²) in [4.78, 5) is 39.1. The predicted molar refractivity (Wildman–Crippen MR) is 89.2 cm³/mol. The van der Waals surface area contributed by atoms with Crippen molar-refractivity contribution in [3.8, 4) is 0 Å². The number of amides is 1. The van der Waals surface area contributed by atoms with Crippen LogP contribution in [0.1, 0.15) is 35.2 Å². The van der Waals surface area contributed by atoms with Gasteiger partial charge in [-0.1, -0.05) is 6.42 Å². The van der Waals surface area contributed by atoms with Crippen LogP contribution in [0, 0.1) is 10.1 Å². The molecule has 7 heteroatoms. The highest BCUT2D eigenvalue weighted by Crippen LogP contribution is 2.55. The van der Waals surface area contributed by atoms with E-state index in [1.165, 1.54) is 17.0 Å². The van der Waals surface area contributed by atoms with Crippen LogP contribution in [0.3, 0.4) is 0 Å². The zero-order chi connectivity index (χ0) is 17.6. The van der Waals surface area contributed by atoms with Crippen LogP contribution in [0.2, 0.25) is 0 Å². The average molecular weight is 329 g/mol. The van der Waals surface area contributed by atoms with Crippen LogP contribution >= 0.6 is 0 Å². The van der Waals surface area contributed by atoms with Gasteiger partial charge in [0.05, 0.1) is 10.3 Å². The maximum atomic E-state index is 12.6. The van der Waals surface area contributed by atoms with Gasteiger partial charge in [0.2, 0.25) is 5.91 Å². The van der Waals surface area contributed by atoms with Gasteiger partial charge in [0.25, 0.3) is 5.69 Å². The van der Waals surface area contributed by atoms with Crippen molar-refractivity contribution in [1.82, 2.24) is 4.90 Å². The van der Waals surface area contributed by atoms with Gasteiger partial charge < -0.3 is 9.80 Å². The number of nitro groups is 1. The Labute approximate surface area is 139 Å². The normalized spacial score (nSPS) is 18.0. The smallest absolute Gasteiger partial charge is 0.294 e. The van der Waals surface area contributed by atoms with Crippen molar-refractivity contribution in [2.75, 3.05) is 26.0 Å². The number of fused-ring (bicyclic) bond motifs is 2. The van der Waals surface area contributed by atoms with E-state index in [2.05, 4.69) is 0 Å². The topological polar surface area (TPSA) is 83.8 Å².